The number of pyridine rings is 1. The van der Waals surface area contributed by atoms with Crippen LogP contribution in [0.15, 0.2) is 24.5 Å². The highest BCUT2D eigenvalue weighted by atomic mass is 16.5. The van der Waals surface area contributed by atoms with Gasteiger partial charge >= 0.3 is 5.97 Å². The van der Waals surface area contributed by atoms with Crippen LogP contribution >= 0.6 is 0 Å². The maximum absolute atomic E-state index is 11.8. The molecule has 0 bridgehead atoms. The zero-order valence-corrected chi connectivity index (χ0v) is 10.7. The van der Waals surface area contributed by atoms with Gasteiger partial charge in [-0.15, -0.1) is 0 Å². The number of aromatic nitrogens is 3. The first-order valence-electron chi connectivity index (χ1n) is 5.81. The van der Waals surface area contributed by atoms with Crippen molar-refractivity contribution in [3.8, 4) is 5.82 Å². The van der Waals surface area contributed by atoms with Crippen molar-refractivity contribution in [2.24, 2.45) is 0 Å². The molecular formula is C13H13N3O3. The molecule has 2 heterocycles. The zero-order valence-electron chi connectivity index (χ0n) is 10.7. The van der Waals surface area contributed by atoms with E-state index in [1.807, 2.05) is 0 Å². The molecule has 19 heavy (non-hydrogen) atoms. The zero-order chi connectivity index (χ0) is 13.8. The van der Waals surface area contributed by atoms with E-state index in [9.17, 15) is 9.59 Å². The van der Waals surface area contributed by atoms with E-state index in [1.54, 1.807) is 32.2 Å². The number of carbonyl (C=O) groups is 2. The molecule has 0 aliphatic carbocycles. The van der Waals surface area contributed by atoms with Crippen LogP contribution < -0.4 is 0 Å². The minimum Gasteiger partial charge on any atom is -0.462 e. The summed E-state index contributed by atoms with van der Waals surface area (Å²) in [6.07, 6.45) is 3.80. The summed E-state index contributed by atoms with van der Waals surface area (Å²) in [7, 11) is 0. The molecule has 98 valence electrons. The van der Waals surface area contributed by atoms with Gasteiger partial charge in [0.25, 0.3) is 0 Å². The number of aldehydes is 1. The van der Waals surface area contributed by atoms with Crippen LogP contribution in [0.4, 0.5) is 0 Å². The molecule has 0 unspecified atom stereocenters. The molecule has 0 N–H and O–H groups in total. The normalized spacial score (nSPS) is 10.2. The molecule has 0 fully saturated rings. The smallest absolute Gasteiger partial charge is 0.341 e. The van der Waals surface area contributed by atoms with Crippen molar-refractivity contribution < 1.29 is 14.3 Å². The summed E-state index contributed by atoms with van der Waals surface area (Å²) in [5.41, 5.74) is 1.35. The van der Waals surface area contributed by atoms with Crippen LogP contribution in [0.1, 0.15) is 33.3 Å². The molecule has 0 atom stereocenters. The number of esters is 1. The Balaban J connectivity index is 2.49. The van der Waals surface area contributed by atoms with Crippen molar-refractivity contribution in [2.45, 2.75) is 13.8 Å². The van der Waals surface area contributed by atoms with Gasteiger partial charge < -0.3 is 4.74 Å². The molecule has 2 aromatic rings. The fourth-order valence-corrected chi connectivity index (χ4v) is 1.65. The van der Waals surface area contributed by atoms with E-state index in [4.69, 9.17) is 4.74 Å². The number of carbonyl (C=O) groups excluding carboxylic acids is 2. The Bertz CT molecular complexity index is 619. The van der Waals surface area contributed by atoms with E-state index >= 15 is 0 Å². The highest BCUT2D eigenvalue weighted by molar-refractivity contribution is 5.92. The first-order valence-corrected chi connectivity index (χ1v) is 5.81. The maximum Gasteiger partial charge on any atom is 0.341 e. The van der Waals surface area contributed by atoms with E-state index in [2.05, 4.69) is 10.1 Å². The average molecular weight is 259 g/mol. The van der Waals surface area contributed by atoms with E-state index in [0.29, 0.717) is 28.9 Å². The van der Waals surface area contributed by atoms with Gasteiger partial charge in [-0.3, -0.25) is 4.79 Å². The number of hydrogen-bond donors (Lipinski definition) is 0. The quantitative estimate of drug-likeness (QED) is 0.615. The summed E-state index contributed by atoms with van der Waals surface area (Å²) in [6, 6.07) is 3.25. The fourth-order valence-electron chi connectivity index (χ4n) is 1.65. The first kappa shape index (κ1) is 12.9. The lowest BCUT2D eigenvalue weighted by atomic mass is 10.2. The number of hydrogen-bond acceptors (Lipinski definition) is 5. The summed E-state index contributed by atoms with van der Waals surface area (Å²) in [5, 5.41) is 4.17. The van der Waals surface area contributed by atoms with E-state index in [0.717, 1.165) is 0 Å². The van der Waals surface area contributed by atoms with Crippen LogP contribution in [0, 0.1) is 6.92 Å². The van der Waals surface area contributed by atoms with Crippen LogP contribution in [0.25, 0.3) is 5.82 Å². The Morgan fingerprint density at radius 1 is 1.53 bits per heavy atom. The fraction of sp³-hybridized carbons (Fsp3) is 0.231. The monoisotopic (exact) mass is 259 g/mol. The molecule has 0 aromatic carbocycles. The van der Waals surface area contributed by atoms with Gasteiger partial charge in [-0.1, -0.05) is 0 Å². The summed E-state index contributed by atoms with van der Waals surface area (Å²) >= 11 is 0. The maximum atomic E-state index is 11.8. The molecule has 0 saturated carbocycles. The second-order valence-electron chi connectivity index (χ2n) is 3.83. The third-order valence-electron chi connectivity index (χ3n) is 2.56. The first-order chi connectivity index (χ1) is 9.17. The Kier molecular flexibility index (Phi) is 3.70. The molecule has 0 amide bonds. The lowest BCUT2D eigenvalue weighted by molar-refractivity contribution is 0.0525. The number of aryl methyl sites for hydroxylation is 1. The predicted octanol–water partition coefficient (Wildman–Crippen LogP) is 1.56. The van der Waals surface area contributed by atoms with E-state index < -0.39 is 5.97 Å². The number of ether oxygens (including phenoxy) is 1. The van der Waals surface area contributed by atoms with Crippen molar-refractivity contribution in [2.75, 3.05) is 6.61 Å². The third kappa shape index (κ3) is 2.52. The van der Waals surface area contributed by atoms with Crippen molar-refractivity contribution >= 4 is 12.3 Å². The standard InChI is InChI=1S/C13H13N3O3/c1-3-19-13(18)11-5-4-6-14-12(11)16-7-10(8-17)9(2)15-16/h4-8H,3H2,1-2H3. The molecule has 2 rings (SSSR count). The molecule has 0 aliphatic heterocycles. The number of rotatable bonds is 4. The highest BCUT2D eigenvalue weighted by Gasteiger charge is 2.16. The molecular weight excluding hydrogens is 246 g/mol. The SMILES string of the molecule is CCOC(=O)c1cccnc1-n1cc(C=O)c(C)n1. The van der Waals surface area contributed by atoms with Crippen LogP contribution in [0.5, 0.6) is 0 Å². The predicted molar refractivity (Wildman–Crippen MR) is 67.4 cm³/mol. The van der Waals surface area contributed by atoms with Crippen molar-refractivity contribution in [1.82, 2.24) is 14.8 Å². The average Bonchev–Trinajstić information content (AvgIpc) is 2.80. The lowest BCUT2D eigenvalue weighted by Crippen LogP contribution is -2.11. The van der Waals surface area contributed by atoms with E-state index in [-0.39, 0.29) is 6.61 Å². The summed E-state index contributed by atoms with van der Waals surface area (Å²) in [5.74, 6) is -0.122. The van der Waals surface area contributed by atoms with Crippen LogP contribution in [-0.2, 0) is 4.74 Å². The topological polar surface area (TPSA) is 74.1 Å². The largest absolute Gasteiger partial charge is 0.462 e. The van der Waals surface area contributed by atoms with Gasteiger partial charge in [-0.2, -0.15) is 5.10 Å². The van der Waals surface area contributed by atoms with Gasteiger partial charge in [0.1, 0.15) is 5.56 Å². The van der Waals surface area contributed by atoms with Gasteiger partial charge in [-0.05, 0) is 26.0 Å². The summed E-state index contributed by atoms with van der Waals surface area (Å²) in [4.78, 5) is 26.8. The molecule has 0 saturated heterocycles. The van der Waals surface area contributed by atoms with Crippen molar-refractivity contribution in [1.29, 1.82) is 0 Å². The Morgan fingerprint density at radius 3 is 2.95 bits per heavy atom. The van der Waals surface area contributed by atoms with Gasteiger partial charge in [0, 0.05) is 12.4 Å². The minimum atomic E-state index is -0.466. The second kappa shape index (κ2) is 5.43. The second-order valence-corrected chi connectivity index (χ2v) is 3.83. The molecule has 0 spiro atoms. The van der Waals surface area contributed by atoms with Crippen molar-refractivity contribution in [3.05, 3.63) is 41.3 Å². The lowest BCUT2D eigenvalue weighted by Gasteiger charge is -2.07. The Morgan fingerprint density at radius 2 is 2.32 bits per heavy atom. The van der Waals surface area contributed by atoms with Gasteiger partial charge in [0.05, 0.1) is 17.9 Å². The molecule has 0 radical (unpaired) electrons. The minimum absolute atomic E-state index is 0.283. The van der Waals surface area contributed by atoms with E-state index in [1.165, 1.54) is 10.9 Å². The molecule has 6 heteroatoms. The van der Waals surface area contributed by atoms with Crippen molar-refractivity contribution in [3.63, 3.8) is 0 Å². The Labute approximate surface area is 110 Å². The summed E-state index contributed by atoms with van der Waals surface area (Å²) in [6.45, 7) is 3.73. The Hall–Kier alpha value is -2.50. The highest BCUT2D eigenvalue weighted by Crippen LogP contribution is 2.14. The molecule has 0 aliphatic rings. The van der Waals surface area contributed by atoms with Gasteiger partial charge in [0.2, 0.25) is 0 Å². The molecule has 6 nitrogen and oxygen atoms in total. The number of nitrogens with zero attached hydrogens (tertiary/aromatic N) is 3. The van der Waals surface area contributed by atoms with Crippen LogP contribution in [-0.4, -0.2) is 33.6 Å². The van der Waals surface area contributed by atoms with Gasteiger partial charge in [-0.25, -0.2) is 14.5 Å². The van der Waals surface area contributed by atoms with Gasteiger partial charge in [0.15, 0.2) is 12.1 Å². The van der Waals surface area contributed by atoms with Crippen LogP contribution in [0.3, 0.4) is 0 Å². The van der Waals surface area contributed by atoms with Crippen LogP contribution in [0.2, 0.25) is 0 Å². The summed E-state index contributed by atoms with van der Waals surface area (Å²) < 4.78 is 6.37. The molecule has 2 aromatic heterocycles. The third-order valence-corrected chi connectivity index (χ3v) is 2.56.